The first-order chi connectivity index (χ1) is 6.27. The fourth-order valence-corrected chi connectivity index (χ4v) is 1.71. The molecule has 1 rings (SSSR count). The summed E-state index contributed by atoms with van der Waals surface area (Å²) in [5, 5.41) is 0. The van der Waals surface area contributed by atoms with Gasteiger partial charge in [-0.15, -0.1) is 0 Å². The van der Waals surface area contributed by atoms with Gasteiger partial charge < -0.3 is 4.74 Å². The average molecular weight is 182 g/mol. The average Bonchev–Trinajstić information content (AvgIpc) is 2.53. The maximum absolute atomic E-state index is 5.68. The summed E-state index contributed by atoms with van der Waals surface area (Å²) in [7, 11) is 0. The predicted octanol–water partition coefficient (Wildman–Crippen LogP) is 3.55. The van der Waals surface area contributed by atoms with E-state index in [9.17, 15) is 0 Å². The van der Waals surface area contributed by atoms with E-state index in [0.29, 0.717) is 5.41 Å². The van der Waals surface area contributed by atoms with Crippen LogP contribution in [0.3, 0.4) is 0 Å². The lowest BCUT2D eigenvalue weighted by atomic mass is 9.89. The second-order valence-corrected chi connectivity index (χ2v) is 4.45. The molecule has 76 valence electrons. The third-order valence-corrected chi connectivity index (χ3v) is 2.73. The van der Waals surface area contributed by atoms with Gasteiger partial charge in [-0.1, -0.05) is 38.8 Å². The van der Waals surface area contributed by atoms with E-state index in [4.69, 9.17) is 4.74 Å². The van der Waals surface area contributed by atoms with Crippen molar-refractivity contribution in [1.82, 2.24) is 0 Å². The van der Waals surface area contributed by atoms with Gasteiger partial charge in [-0.25, -0.2) is 0 Å². The zero-order valence-electron chi connectivity index (χ0n) is 9.01. The van der Waals surface area contributed by atoms with Crippen LogP contribution in [0.1, 0.15) is 46.0 Å². The van der Waals surface area contributed by atoms with E-state index in [1.54, 1.807) is 0 Å². The van der Waals surface area contributed by atoms with Crippen molar-refractivity contribution >= 4 is 0 Å². The molecule has 0 spiro atoms. The Morgan fingerprint density at radius 2 is 1.92 bits per heavy atom. The molecule has 0 N–H and O–H groups in total. The summed E-state index contributed by atoms with van der Waals surface area (Å²) in [5.41, 5.74) is 0.409. The third-order valence-electron chi connectivity index (χ3n) is 2.73. The second-order valence-electron chi connectivity index (χ2n) is 4.45. The zero-order chi connectivity index (χ0) is 9.57. The maximum Gasteiger partial charge on any atom is 0.0525 e. The molecule has 13 heavy (non-hydrogen) atoms. The molecule has 0 fully saturated rings. The van der Waals surface area contributed by atoms with Crippen molar-refractivity contribution in [3.8, 4) is 0 Å². The molecule has 0 aromatic rings. The van der Waals surface area contributed by atoms with Crippen LogP contribution in [-0.2, 0) is 4.74 Å². The van der Waals surface area contributed by atoms with Crippen molar-refractivity contribution in [3.05, 3.63) is 12.2 Å². The Bertz CT molecular complexity index is 153. The van der Waals surface area contributed by atoms with E-state index >= 15 is 0 Å². The van der Waals surface area contributed by atoms with Gasteiger partial charge in [0.05, 0.1) is 6.61 Å². The van der Waals surface area contributed by atoms with E-state index in [2.05, 4.69) is 26.0 Å². The van der Waals surface area contributed by atoms with Crippen LogP contribution in [0.25, 0.3) is 0 Å². The highest BCUT2D eigenvalue weighted by Crippen LogP contribution is 2.32. The molecule has 1 heteroatoms. The van der Waals surface area contributed by atoms with Crippen LogP contribution >= 0.6 is 0 Å². The van der Waals surface area contributed by atoms with E-state index < -0.39 is 0 Å². The van der Waals surface area contributed by atoms with Gasteiger partial charge in [-0.2, -0.15) is 0 Å². The number of rotatable bonds is 6. The molecule has 0 aromatic heterocycles. The lowest BCUT2D eigenvalue weighted by Crippen LogP contribution is -2.19. The molecule has 0 saturated carbocycles. The van der Waals surface area contributed by atoms with Crippen LogP contribution in [0.5, 0.6) is 0 Å². The fraction of sp³-hybridized carbons (Fsp3) is 0.833. The zero-order valence-corrected chi connectivity index (χ0v) is 9.01. The minimum Gasteiger partial charge on any atom is -0.381 e. The van der Waals surface area contributed by atoms with Crippen molar-refractivity contribution in [2.75, 3.05) is 13.2 Å². The van der Waals surface area contributed by atoms with Crippen LogP contribution < -0.4 is 0 Å². The largest absolute Gasteiger partial charge is 0.381 e. The maximum atomic E-state index is 5.68. The first-order valence-corrected chi connectivity index (χ1v) is 5.49. The number of allylic oxidation sites excluding steroid dienone is 2. The summed E-state index contributed by atoms with van der Waals surface area (Å²) in [6.45, 7) is 6.42. The predicted molar refractivity (Wildman–Crippen MR) is 56.8 cm³/mol. The van der Waals surface area contributed by atoms with E-state index in [1.165, 1.54) is 32.1 Å². The van der Waals surface area contributed by atoms with Crippen molar-refractivity contribution in [1.29, 1.82) is 0 Å². The monoisotopic (exact) mass is 182 g/mol. The van der Waals surface area contributed by atoms with Crippen molar-refractivity contribution < 1.29 is 4.74 Å². The molecule has 0 bridgehead atoms. The highest BCUT2D eigenvalue weighted by Gasteiger charge is 2.24. The van der Waals surface area contributed by atoms with Gasteiger partial charge in [0.15, 0.2) is 0 Å². The summed E-state index contributed by atoms with van der Waals surface area (Å²) in [6.07, 6.45) is 10.7. The summed E-state index contributed by atoms with van der Waals surface area (Å²) in [6, 6.07) is 0. The van der Waals surface area contributed by atoms with Crippen LogP contribution in [0.4, 0.5) is 0 Å². The van der Waals surface area contributed by atoms with Crippen LogP contribution in [0.2, 0.25) is 0 Å². The van der Waals surface area contributed by atoms with Crippen molar-refractivity contribution in [2.24, 2.45) is 5.41 Å². The lowest BCUT2D eigenvalue weighted by molar-refractivity contribution is 0.0572. The fourth-order valence-electron chi connectivity index (χ4n) is 1.71. The Balaban J connectivity index is 1.99. The molecule has 0 aliphatic heterocycles. The molecule has 0 aromatic carbocycles. The second kappa shape index (κ2) is 5.43. The molecule has 1 aliphatic rings. The smallest absolute Gasteiger partial charge is 0.0525 e. The minimum absolute atomic E-state index is 0.409. The molecule has 0 saturated heterocycles. The quantitative estimate of drug-likeness (QED) is 0.451. The number of ether oxygens (including phenoxy) is 1. The van der Waals surface area contributed by atoms with Gasteiger partial charge in [0.2, 0.25) is 0 Å². The Hall–Kier alpha value is -0.300. The highest BCUT2D eigenvalue weighted by molar-refractivity contribution is 5.00. The summed E-state index contributed by atoms with van der Waals surface area (Å²) in [5.74, 6) is 0. The molecule has 0 heterocycles. The molecule has 0 atom stereocenters. The molecule has 0 radical (unpaired) electrons. The van der Waals surface area contributed by atoms with Crippen molar-refractivity contribution in [2.45, 2.75) is 46.0 Å². The Kier molecular flexibility index (Phi) is 4.51. The molecule has 1 aliphatic carbocycles. The van der Waals surface area contributed by atoms with Crippen molar-refractivity contribution in [3.63, 3.8) is 0 Å². The molecular formula is C12H22O. The van der Waals surface area contributed by atoms with E-state index in [-0.39, 0.29) is 0 Å². The third kappa shape index (κ3) is 3.95. The number of hydrogen-bond donors (Lipinski definition) is 0. The van der Waals surface area contributed by atoms with E-state index in [0.717, 1.165) is 13.2 Å². The van der Waals surface area contributed by atoms with Gasteiger partial charge in [-0.3, -0.25) is 0 Å². The molecule has 1 nitrogen and oxygen atoms in total. The molecular weight excluding hydrogens is 160 g/mol. The Morgan fingerprint density at radius 3 is 2.54 bits per heavy atom. The molecule has 0 amide bonds. The number of hydrogen-bond acceptors (Lipinski definition) is 1. The summed E-state index contributed by atoms with van der Waals surface area (Å²) >= 11 is 0. The number of unbranched alkanes of at least 4 members (excludes halogenated alkanes) is 2. The van der Waals surface area contributed by atoms with Crippen LogP contribution in [0.15, 0.2) is 12.2 Å². The van der Waals surface area contributed by atoms with Crippen LogP contribution in [0, 0.1) is 5.41 Å². The minimum atomic E-state index is 0.409. The highest BCUT2D eigenvalue weighted by atomic mass is 16.5. The summed E-state index contributed by atoms with van der Waals surface area (Å²) in [4.78, 5) is 0. The van der Waals surface area contributed by atoms with Gasteiger partial charge in [0.1, 0.15) is 0 Å². The SMILES string of the molecule is CCCCCOCC1(C)CC=CC1. The van der Waals surface area contributed by atoms with Gasteiger partial charge >= 0.3 is 0 Å². The lowest BCUT2D eigenvalue weighted by Gasteiger charge is -2.23. The first kappa shape index (κ1) is 10.8. The van der Waals surface area contributed by atoms with Gasteiger partial charge in [-0.05, 0) is 24.7 Å². The van der Waals surface area contributed by atoms with Gasteiger partial charge in [0, 0.05) is 6.61 Å². The normalized spacial score (nSPS) is 19.5. The standard InChI is InChI=1S/C12H22O/c1-3-4-7-10-13-11-12(2)8-5-6-9-12/h5-6H,3-4,7-11H2,1-2H3. The molecule has 0 unspecified atom stereocenters. The van der Waals surface area contributed by atoms with E-state index in [1.807, 2.05) is 0 Å². The van der Waals surface area contributed by atoms with Gasteiger partial charge in [0.25, 0.3) is 0 Å². The van der Waals surface area contributed by atoms with Crippen LogP contribution in [-0.4, -0.2) is 13.2 Å². The first-order valence-electron chi connectivity index (χ1n) is 5.49. The Morgan fingerprint density at radius 1 is 1.23 bits per heavy atom. The Labute approximate surface area is 82.2 Å². The summed E-state index contributed by atoms with van der Waals surface area (Å²) < 4.78 is 5.68. The topological polar surface area (TPSA) is 9.23 Å².